The fourth-order valence-corrected chi connectivity index (χ4v) is 2.57. The molecule has 0 saturated carbocycles. The molecule has 0 fully saturated rings. The van der Waals surface area contributed by atoms with Crippen LogP contribution in [-0.4, -0.2) is 13.7 Å². The molecule has 0 aromatic heterocycles. The highest BCUT2D eigenvalue weighted by molar-refractivity contribution is 6.32. The van der Waals surface area contributed by atoms with E-state index < -0.39 is 0 Å². The zero-order valence-corrected chi connectivity index (χ0v) is 16.1. The minimum absolute atomic E-state index is 0. The highest BCUT2D eigenvalue weighted by atomic mass is 35.5. The molecule has 3 nitrogen and oxygen atoms in total. The molecule has 2 aromatic rings. The third kappa shape index (κ3) is 6.73. The van der Waals surface area contributed by atoms with Crippen molar-refractivity contribution in [1.82, 2.24) is 5.32 Å². The van der Waals surface area contributed by atoms with Crippen molar-refractivity contribution >= 4 is 24.0 Å². The summed E-state index contributed by atoms with van der Waals surface area (Å²) in [6.45, 7) is 4.16. The molecule has 0 saturated heterocycles. The molecule has 0 radical (unpaired) electrons. The summed E-state index contributed by atoms with van der Waals surface area (Å²) >= 11 is 6.35. The molecule has 1 N–H and O–H groups in total. The highest BCUT2D eigenvalue weighted by Gasteiger charge is 2.12. The van der Waals surface area contributed by atoms with Crippen molar-refractivity contribution in [3.63, 3.8) is 0 Å². The molecule has 2 aromatic carbocycles. The van der Waals surface area contributed by atoms with Gasteiger partial charge in [-0.2, -0.15) is 0 Å². The molecule has 138 valence electrons. The quantitative estimate of drug-likeness (QED) is 0.585. The Bertz CT molecular complexity index is 651. The highest BCUT2D eigenvalue weighted by Crippen LogP contribution is 2.37. The molecule has 0 bridgehead atoms. The van der Waals surface area contributed by atoms with Gasteiger partial charge in [0.2, 0.25) is 0 Å². The molecule has 0 aliphatic carbocycles. The monoisotopic (exact) mass is 387 g/mol. The summed E-state index contributed by atoms with van der Waals surface area (Å²) in [5, 5.41) is 3.88. The van der Waals surface area contributed by atoms with Gasteiger partial charge in [-0.1, -0.05) is 37.1 Å². The SMILES string of the molecule is CCCCNCc1cc(Cl)c(OCc2ccc(F)cc2)c(OC)c1.Cl. The summed E-state index contributed by atoms with van der Waals surface area (Å²) in [6.07, 6.45) is 2.30. The van der Waals surface area contributed by atoms with Crippen molar-refractivity contribution < 1.29 is 13.9 Å². The third-order valence-corrected chi connectivity index (χ3v) is 3.90. The van der Waals surface area contributed by atoms with Crippen molar-refractivity contribution in [3.05, 3.63) is 58.4 Å². The van der Waals surface area contributed by atoms with Crippen LogP contribution in [0.3, 0.4) is 0 Å². The van der Waals surface area contributed by atoms with Crippen LogP contribution in [0.25, 0.3) is 0 Å². The first-order chi connectivity index (χ1) is 11.6. The van der Waals surface area contributed by atoms with Gasteiger partial charge in [0.15, 0.2) is 11.5 Å². The molecular formula is C19H24Cl2FNO2. The van der Waals surface area contributed by atoms with Gasteiger partial charge in [0.25, 0.3) is 0 Å². The van der Waals surface area contributed by atoms with Crippen LogP contribution in [0.5, 0.6) is 11.5 Å². The summed E-state index contributed by atoms with van der Waals surface area (Å²) in [4.78, 5) is 0. The second kappa shape index (κ2) is 11.2. The average molecular weight is 388 g/mol. The van der Waals surface area contributed by atoms with Crippen LogP contribution in [0.2, 0.25) is 5.02 Å². The fourth-order valence-electron chi connectivity index (χ4n) is 2.29. The lowest BCUT2D eigenvalue weighted by atomic mass is 10.2. The fraction of sp³-hybridized carbons (Fsp3) is 0.368. The lowest BCUT2D eigenvalue weighted by Crippen LogP contribution is -2.14. The Balaban J connectivity index is 0.00000312. The van der Waals surface area contributed by atoms with Crippen molar-refractivity contribution in [2.45, 2.75) is 32.9 Å². The molecule has 25 heavy (non-hydrogen) atoms. The van der Waals surface area contributed by atoms with E-state index in [0.717, 1.165) is 37.1 Å². The number of unbranched alkanes of at least 4 members (excludes halogenated alkanes) is 1. The van der Waals surface area contributed by atoms with Gasteiger partial charge in [-0.3, -0.25) is 0 Å². The van der Waals surface area contributed by atoms with E-state index in [1.807, 2.05) is 12.1 Å². The number of rotatable bonds is 9. The largest absolute Gasteiger partial charge is 0.493 e. The van der Waals surface area contributed by atoms with Crippen molar-refractivity contribution in [2.75, 3.05) is 13.7 Å². The van der Waals surface area contributed by atoms with Crippen LogP contribution in [0, 0.1) is 5.82 Å². The number of benzene rings is 2. The first-order valence-electron chi connectivity index (χ1n) is 8.08. The second-order valence-electron chi connectivity index (χ2n) is 5.55. The van der Waals surface area contributed by atoms with Crippen molar-refractivity contribution in [1.29, 1.82) is 0 Å². The Labute approximate surface area is 159 Å². The molecular weight excluding hydrogens is 364 g/mol. The van der Waals surface area contributed by atoms with E-state index in [1.165, 1.54) is 12.1 Å². The van der Waals surface area contributed by atoms with Gasteiger partial charge in [-0.25, -0.2) is 4.39 Å². The van der Waals surface area contributed by atoms with Gasteiger partial charge < -0.3 is 14.8 Å². The van der Waals surface area contributed by atoms with Gasteiger partial charge >= 0.3 is 0 Å². The molecule has 2 rings (SSSR count). The molecule has 6 heteroatoms. The normalized spacial score (nSPS) is 10.2. The van der Waals surface area contributed by atoms with Crippen LogP contribution in [0.4, 0.5) is 4.39 Å². The van der Waals surface area contributed by atoms with Crippen molar-refractivity contribution in [2.24, 2.45) is 0 Å². The predicted octanol–water partition coefficient (Wildman–Crippen LogP) is 5.38. The molecule has 0 unspecified atom stereocenters. The Hall–Kier alpha value is -1.49. The standard InChI is InChI=1S/C19H23ClFNO2.ClH/c1-3-4-9-22-12-15-10-17(20)19(18(11-15)23-2)24-13-14-5-7-16(21)8-6-14;/h5-8,10-11,22H,3-4,9,12-13H2,1-2H3;1H. The van der Waals surface area contributed by atoms with Crippen LogP contribution in [0.1, 0.15) is 30.9 Å². The molecule has 0 heterocycles. The number of halogens is 3. The van der Waals surface area contributed by atoms with E-state index in [2.05, 4.69) is 12.2 Å². The summed E-state index contributed by atoms with van der Waals surface area (Å²) in [7, 11) is 1.59. The van der Waals surface area contributed by atoms with Gasteiger partial charge in [0.1, 0.15) is 12.4 Å². The van der Waals surface area contributed by atoms with E-state index in [0.29, 0.717) is 23.1 Å². The number of hydrogen-bond donors (Lipinski definition) is 1. The van der Waals surface area contributed by atoms with Gasteiger partial charge in [-0.15, -0.1) is 12.4 Å². The lowest BCUT2D eigenvalue weighted by Gasteiger charge is -2.14. The maximum absolute atomic E-state index is 12.9. The summed E-state index contributed by atoms with van der Waals surface area (Å²) < 4.78 is 24.1. The van der Waals surface area contributed by atoms with Crippen LogP contribution in [-0.2, 0) is 13.2 Å². The van der Waals surface area contributed by atoms with Gasteiger partial charge in [0.05, 0.1) is 12.1 Å². The molecule has 0 atom stereocenters. The minimum atomic E-state index is -0.269. The third-order valence-electron chi connectivity index (χ3n) is 3.62. The lowest BCUT2D eigenvalue weighted by molar-refractivity contribution is 0.284. The number of methoxy groups -OCH3 is 1. The van der Waals surface area contributed by atoms with E-state index in [9.17, 15) is 4.39 Å². The molecule has 0 amide bonds. The zero-order valence-electron chi connectivity index (χ0n) is 14.5. The first kappa shape index (κ1) is 21.6. The van der Waals surface area contributed by atoms with Gasteiger partial charge in [-0.05, 0) is 48.4 Å². The van der Waals surface area contributed by atoms with E-state index in [1.54, 1.807) is 19.2 Å². The van der Waals surface area contributed by atoms with Crippen LogP contribution in [0.15, 0.2) is 36.4 Å². The first-order valence-corrected chi connectivity index (χ1v) is 8.46. The molecule has 0 spiro atoms. The van der Waals surface area contributed by atoms with Crippen molar-refractivity contribution in [3.8, 4) is 11.5 Å². The molecule has 0 aliphatic heterocycles. The van der Waals surface area contributed by atoms with E-state index >= 15 is 0 Å². The van der Waals surface area contributed by atoms with Crippen LogP contribution < -0.4 is 14.8 Å². The smallest absolute Gasteiger partial charge is 0.180 e. The minimum Gasteiger partial charge on any atom is -0.493 e. The number of hydrogen-bond acceptors (Lipinski definition) is 3. The Morgan fingerprint density at radius 3 is 2.48 bits per heavy atom. The summed E-state index contributed by atoms with van der Waals surface area (Å²) in [5.41, 5.74) is 1.90. The predicted molar refractivity (Wildman–Crippen MR) is 103 cm³/mol. The van der Waals surface area contributed by atoms with Crippen LogP contribution >= 0.6 is 24.0 Å². The number of ether oxygens (including phenoxy) is 2. The topological polar surface area (TPSA) is 30.5 Å². The van der Waals surface area contributed by atoms with Gasteiger partial charge in [0, 0.05) is 6.54 Å². The maximum Gasteiger partial charge on any atom is 0.180 e. The second-order valence-corrected chi connectivity index (χ2v) is 5.96. The molecule has 0 aliphatic rings. The maximum atomic E-state index is 12.9. The number of nitrogens with one attached hydrogen (secondary N) is 1. The zero-order chi connectivity index (χ0) is 17.4. The average Bonchev–Trinajstić information content (AvgIpc) is 2.59. The Morgan fingerprint density at radius 2 is 1.84 bits per heavy atom. The van der Waals surface area contributed by atoms with E-state index in [4.69, 9.17) is 21.1 Å². The van der Waals surface area contributed by atoms with E-state index in [-0.39, 0.29) is 18.2 Å². The Kier molecular flexibility index (Phi) is 9.65. The summed E-state index contributed by atoms with van der Waals surface area (Å²) in [5.74, 6) is 0.826. The summed E-state index contributed by atoms with van der Waals surface area (Å²) in [6, 6.07) is 9.97. The Morgan fingerprint density at radius 1 is 1.12 bits per heavy atom.